The molecule has 0 N–H and O–H groups in total. The standard InChI is InChI=1S/C14H18ClN3O/c1-17-11-3-4-12(17)9-18(7-6-11)14(19)13-5-2-10(15)8-16-13/h2,5,8,11-12H,3-4,6-7,9H2,1H3. The summed E-state index contributed by atoms with van der Waals surface area (Å²) in [4.78, 5) is 21.0. The van der Waals surface area contributed by atoms with E-state index >= 15 is 0 Å². The highest BCUT2D eigenvalue weighted by molar-refractivity contribution is 6.30. The lowest BCUT2D eigenvalue weighted by molar-refractivity contribution is 0.0734. The second-order valence-corrected chi connectivity index (χ2v) is 5.89. The van der Waals surface area contributed by atoms with E-state index in [1.807, 2.05) is 4.90 Å². The number of carbonyl (C=O) groups is 1. The summed E-state index contributed by atoms with van der Waals surface area (Å²) < 4.78 is 0. The molecule has 3 rings (SSSR count). The zero-order valence-electron chi connectivity index (χ0n) is 11.1. The predicted octanol–water partition coefficient (Wildman–Crippen LogP) is 2.04. The average molecular weight is 280 g/mol. The van der Waals surface area contributed by atoms with Gasteiger partial charge in [-0.1, -0.05) is 11.6 Å². The van der Waals surface area contributed by atoms with Crippen LogP contribution in [0.2, 0.25) is 5.02 Å². The van der Waals surface area contributed by atoms with Crippen molar-refractivity contribution in [1.29, 1.82) is 0 Å². The van der Waals surface area contributed by atoms with Crippen LogP contribution in [0.4, 0.5) is 0 Å². The predicted molar refractivity (Wildman–Crippen MR) is 74.3 cm³/mol. The van der Waals surface area contributed by atoms with Crippen molar-refractivity contribution in [3.05, 3.63) is 29.0 Å². The summed E-state index contributed by atoms with van der Waals surface area (Å²) in [5.41, 5.74) is 0.491. The summed E-state index contributed by atoms with van der Waals surface area (Å²) in [5.74, 6) is 0.0256. The highest BCUT2D eigenvalue weighted by Crippen LogP contribution is 2.28. The summed E-state index contributed by atoms with van der Waals surface area (Å²) in [7, 11) is 2.18. The third-order valence-electron chi connectivity index (χ3n) is 4.38. The van der Waals surface area contributed by atoms with Crippen molar-refractivity contribution in [2.45, 2.75) is 31.3 Å². The Morgan fingerprint density at radius 2 is 2.11 bits per heavy atom. The Morgan fingerprint density at radius 3 is 2.84 bits per heavy atom. The number of halogens is 1. The lowest BCUT2D eigenvalue weighted by atomic mass is 10.1. The van der Waals surface area contributed by atoms with Gasteiger partial charge in [-0.3, -0.25) is 9.69 Å². The van der Waals surface area contributed by atoms with Crippen LogP contribution < -0.4 is 0 Å². The molecule has 2 fully saturated rings. The van der Waals surface area contributed by atoms with Crippen LogP contribution >= 0.6 is 11.6 Å². The van der Waals surface area contributed by atoms with Crippen molar-refractivity contribution >= 4 is 17.5 Å². The molecule has 0 radical (unpaired) electrons. The highest BCUT2D eigenvalue weighted by Gasteiger charge is 2.36. The summed E-state index contributed by atoms with van der Waals surface area (Å²) >= 11 is 5.80. The van der Waals surface area contributed by atoms with Gasteiger partial charge in [0.2, 0.25) is 0 Å². The second kappa shape index (κ2) is 5.10. The van der Waals surface area contributed by atoms with Gasteiger partial charge in [0.05, 0.1) is 5.02 Å². The molecule has 0 aliphatic carbocycles. The Hall–Kier alpha value is -1.13. The molecule has 0 aromatic carbocycles. The van der Waals surface area contributed by atoms with Gasteiger partial charge in [-0.15, -0.1) is 0 Å². The van der Waals surface area contributed by atoms with Crippen molar-refractivity contribution in [1.82, 2.24) is 14.8 Å². The molecule has 1 aromatic rings. The Kier molecular flexibility index (Phi) is 3.46. The highest BCUT2D eigenvalue weighted by atomic mass is 35.5. The van der Waals surface area contributed by atoms with Crippen LogP contribution in [0.5, 0.6) is 0 Å². The smallest absolute Gasteiger partial charge is 0.272 e. The summed E-state index contributed by atoms with van der Waals surface area (Å²) in [6, 6.07) is 4.57. The molecule has 19 heavy (non-hydrogen) atoms. The summed E-state index contributed by atoms with van der Waals surface area (Å²) in [6.07, 6.45) is 5.05. The maximum Gasteiger partial charge on any atom is 0.272 e. The third kappa shape index (κ3) is 2.47. The molecule has 2 saturated heterocycles. The molecule has 1 aromatic heterocycles. The van der Waals surface area contributed by atoms with E-state index < -0.39 is 0 Å². The van der Waals surface area contributed by atoms with Crippen LogP contribution in [0, 0.1) is 0 Å². The monoisotopic (exact) mass is 279 g/mol. The normalized spacial score (nSPS) is 27.4. The maximum absolute atomic E-state index is 12.4. The molecule has 2 bridgehead atoms. The minimum atomic E-state index is 0.0256. The van der Waals surface area contributed by atoms with Crippen molar-refractivity contribution < 1.29 is 4.79 Å². The van der Waals surface area contributed by atoms with Gasteiger partial charge in [0, 0.05) is 31.4 Å². The van der Waals surface area contributed by atoms with Gasteiger partial charge in [0.25, 0.3) is 5.91 Å². The fourth-order valence-electron chi connectivity index (χ4n) is 3.16. The molecule has 3 heterocycles. The lowest BCUT2D eigenvalue weighted by Gasteiger charge is -2.25. The number of amides is 1. The molecule has 4 nitrogen and oxygen atoms in total. The van der Waals surface area contributed by atoms with E-state index in [2.05, 4.69) is 16.9 Å². The zero-order valence-corrected chi connectivity index (χ0v) is 11.8. The van der Waals surface area contributed by atoms with Crippen LogP contribution in [-0.2, 0) is 0 Å². The number of pyridine rings is 1. The Labute approximate surface area is 118 Å². The SMILES string of the molecule is CN1C2CCC1CN(C(=O)c1ccc(Cl)cn1)CC2. The molecule has 2 aliphatic heterocycles. The number of fused-ring (bicyclic) bond motifs is 2. The molecule has 5 heteroatoms. The van der Waals surface area contributed by atoms with Gasteiger partial charge in [0.1, 0.15) is 5.69 Å². The van der Waals surface area contributed by atoms with E-state index in [4.69, 9.17) is 11.6 Å². The minimum Gasteiger partial charge on any atom is -0.336 e. The Balaban J connectivity index is 1.75. The molecule has 102 valence electrons. The molecule has 2 aliphatic rings. The summed E-state index contributed by atoms with van der Waals surface area (Å²) in [5, 5.41) is 0.561. The van der Waals surface area contributed by atoms with Gasteiger partial charge < -0.3 is 4.90 Å². The van der Waals surface area contributed by atoms with Crippen LogP contribution in [0.25, 0.3) is 0 Å². The third-order valence-corrected chi connectivity index (χ3v) is 4.61. The van der Waals surface area contributed by atoms with E-state index in [1.54, 1.807) is 12.1 Å². The van der Waals surface area contributed by atoms with Crippen molar-refractivity contribution in [3.63, 3.8) is 0 Å². The molecule has 0 saturated carbocycles. The molecule has 2 atom stereocenters. The number of aromatic nitrogens is 1. The first-order valence-corrected chi connectivity index (χ1v) is 7.15. The molecule has 2 unspecified atom stereocenters. The number of rotatable bonds is 1. The molecule has 0 spiro atoms. The number of carbonyl (C=O) groups excluding carboxylic acids is 1. The largest absolute Gasteiger partial charge is 0.336 e. The number of hydrogen-bond donors (Lipinski definition) is 0. The van der Waals surface area contributed by atoms with Crippen LogP contribution in [0.15, 0.2) is 18.3 Å². The first-order valence-electron chi connectivity index (χ1n) is 6.78. The van der Waals surface area contributed by atoms with Crippen molar-refractivity contribution in [2.75, 3.05) is 20.1 Å². The van der Waals surface area contributed by atoms with Gasteiger partial charge in [0.15, 0.2) is 0 Å². The fourth-order valence-corrected chi connectivity index (χ4v) is 3.27. The first-order chi connectivity index (χ1) is 9.15. The Morgan fingerprint density at radius 1 is 1.32 bits per heavy atom. The number of hydrogen-bond acceptors (Lipinski definition) is 3. The van der Waals surface area contributed by atoms with Crippen molar-refractivity contribution in [2.24, 2.45) is 0 Å². The average Bonchev–Trinajstić information content (AvgIpc) is 2.63. The van der Waals surface area contributed by atoms with E-state index in [9.17, 15) is 4.79 Å². The maximum atomic E-state index is 12.4. The second-order valence-electron chi connectivity index (χ2n) is 5.45. The molecular formula is C14H18ClN3O. The minimum absolute atomic E-state index is 0.0256. The fraction of sp³-hybridized carbons (Fsp3) is 0.571. The van der Waals surface area contributed by atoms with Crippen molar-refractivity contribution in [3.8, 4) is 0 Å². The lowest BCUT2D eigenvalue weighted by Crippen LogP contribution is -2.39. The number of likely N-dealkylation sites (tertiary alicyclic amines) is 1. The van der Waals surface area contributed by atoms with E-state index in [1.165, 1.54) is 19.0 Å². The van der Waals surface area contributed by atoms with Crippen LogP contribution in [-0.4, -0.2) is 52.9 Å². The quantitative estimate of drug-likeness (QED) is 0.789. The van der Waals surface area contributed by atoms with E-state index in [0.29, 0.717) is 22.8 Å². The topological polar surface area (TPSA) is 36.4 Å². The zero-order chi connectivity index (χ0) is 13.4. The van der Waals surface area contributed by atoms with E-state index in [0.717, 1.165) is 19.5 Å². The number of nitrogens with zero attached hydrogens (tertiary/aromatic N) is 3. The first kappa shape index (κ1) is 12.9. The van der Waals surface area contributed by atoms with Gasteiger partial charge >= 0.3 is 0 Å². The molecular weight excluding hydrogens is 262 g/mol. The van der Waals surface area contributed by atoms with E-state index in [-0.39, 0.29) is 5.91 Å². The van der Waals surface area contributed by atoms with Crippen LogP contribution in [0.3, 0.4) is 0 Å². The summed E-state index contributed by atoms with van der Waals surface area (Å²) in [6.45, 7) is 1.64. The Bertz CT molecular complexity index is 476. The van der Waals surface area contributed by atoms with Gasteiger partial charge in [-0.05, 0) is 38.4 Å². The van der Waals surface area contributed by atoms with Gasteiger partial charge in [-0.2, -0.15) is 0 Å². The number of likely N-dealkylation sites (N-methyl/N-ethyl adjacent to an activating group) is 1. The van der Waals surface area contributed by atoms with Crippen LogP contribution in [0.1, 0.15) is 29.8 Å². The molecule has 1 amide bonds. The van der Waals surface area contributed by atoms with Gasteiger partial charge in [-0.25, -0.2) is 4.98 Å².